The van der Waals surface area contributed by atoms with Crippen molar-refractivity contribution in [3.05, 3.63) is 53.6 Å². The van der Waals surface area contributed by atoms with Gasteiger partial charge in [0, 0.05) is 17.5 Å². The molecule has 2 N–H and O–H groups in total. The molecule has 0 fully saturated rings. The molecule has 1 aliphatic rings. The Bertz CT molecular complexity index is 713. The maximum absolute atomic E-state index is 9.95. The smallest absolute Gasteiger partial charge is 0.161 e. The number of hydrogen-bond donors (Lipinski definition) is 2. The Morgan fingerprint density at radius 1 is 1.09 bits per heavy atom. The minimum atomic E-state index is -0.0238. The van der Waals surface area contributed by atoms with Gasteiger partial charge in [-0.25, -0.2) is 0 Å². The summed E-state index contributed by atoms with van der Waals surface area (Å²) in [6.45, 7) is 0. The molecule has 1 aliphatic heterocycles. The van der Waals surface area contributed by atoms with Gasteiger partial charge < -0.3 is 20.0 Å². The SMILES string of the molecule is COc1ccc(C2=NNC(c3ccccc3O)C2)cc1OC. The van der Waals surface area contributed by atoms with Crippen LogP contribution in [0.1, 0.15) is 23.6 Å². The Morgan fingerprint density at radius 3 is 2.59 bits per heavy atom. The van der Waals surface area contributed by atoms with Crippen LogP contribution in [0, 0.1) is 0 Å². The lowest BCUT2D eigenvalue weighted by Crippen LogP contribution is -2.10. The van der Waals surface area contributed by atoms with Gasteiger partial charge in [-0.1, -0.05) is 18.2 Å². The molecular weight excluding hydrogens is 280 g/mol. The molecule has 1 heterocycles. The van der Waals surface area contributed by atoms with Gasteiger partial charge in [-0.3, -0.25) is 0 Å². The zero-order chi connectivity index (χ0) is 15.5. The summed E-state index contributed by atoms with van der Waals surface area (Å²) in [4.78, 5) is 0. The molecule has 0 amide bonds. The Kier molecular flexibility index (Phi) is 3.87. The lowest BCUT2D eigenvalue weighted by molar-refractivity contribution is 0.355. The van der Waals surface area contributed by atoms with Gasteiger partial charge in [0.2, 0.25) is 0 Å². The summed E-state index contributed by atoms with van der Waals surface area (Å²) in [6, 6.07) is 13.0. The number of aromatic hydroxyl groups is 1. The van der Waals surface area contributed by atoms with E-state index in [1.54, 1.807) is 20.3 Å². The van der Waals surface area contributed by atoms with E-state index in [0.29, 0.717) is 17.9 Å². The maximum atomic E-state index is 9.95. The third kappa shape index (κ3) is 2.57. The van der Waals surface area contributed by atoms with Crippen LogP contribution in [0.15, 0.2) is 47.6 Å². The van der Waals surface area contributed by atoms with Crippen molar-refractivity contribution in [1.29, 1.82) is 0 Å². The maximum Gasteiger partial charge on any atom is 0.161 e. The van der Waals surface area contributed by atoms with Crippen molar-refractivity contribution in [2.45, 2.75) is 12.5 Å². The number of rotatable bonds is 4. The highest BCUT2D eigenvalue weighted by atomic mass is 16.5. The average molecular weight is 298 g/mol. The summed E-state index contributed by atoms with van der Waals surface area (Å²) in [6.07, 6.45) is 0.701. The van der Waals surface area contributed by atoms with E-state index in [0.717, 1.165) is 16.8 Å². The van der Waals surface area contributed by atoms with E-state index in [1.165, 1.54) is 0 Å². The van der Waals surface area contributed by atoms with E-state index in [1.807, 2.05) is 36.4 Å². The molecule has 0 aliphatic carbocycles. The lowest BCUT2D eigenvalue weighted by Gasteiger charge is -2.12. The van der Waals surface area contributed by atoms with Crippen LogP contribution in [0.25, 0.3) is 0 Å². The average Bonchev–Trinajstić information content (AvgIpc) is 3.04. The highest BCUT2D eigenvalue weighted by molar-refractivity contribution is 6.02. The number of hydrazone groups is 1. The summed E-state index contributed by atoms with van der Waals surface area (Å²) >= 11 is 0. The normalized spacial score (nSPS) is 16.8. The number of nitrogens with one attached hydrogen (secondary N) is 1. The van der Waals surface area contributed by atoms with Crippen LogP contribution in [0.5, 0.6) is 17.2 Å². The fourth-order valence-electron chi connectivity index (χ4n) is 2.60. The number of ether oxygens (including phenoxy) is 2. The monoisotopic (exact) mass is 298 g/mol. The minimum absolute atomic E-state index is 0.0238. The molecule has 0 spiro atoms. The fourth-order valence-corrected chi connectivity index (χ4v) is 2.60. The summed E-state index contributed by atoms with van der Waals surface area (Å²) in [7, 11) is 3.22. The van der Waals surface area contributed by atoms with Gasteiger partial charge in [0.15, 0.2) is 11.5 Å². The minimum Gasteiger partial charge on any atom is -0.508 e. The van der Waals surface area contributed by atoms with Crippen molar-refractivity contribution < 1.29 is 14.6 Å². The molecule has 0 saturated heterocycles. The van der Waals surface area contributed by atoms with Crippen LogP contribution >= 0.6 is 0 Å². The summed E-state index contributed by atoms with van der Waals surface area (Å²) < 4.78 is 10.6. The largest absolute Gasteiger partial charge is 0.508 e. The molecule has 2 aromatic carbocycles. The molecule has 5 heteroatoms. The van der Waals surface area contributed by atoms with Gasteiger partial charge in [0.1, 0.15) is 5.75 Å². The second-order valence-electron chi connectivity index (χ2n) is 5.07. The van der Waals surface area contributed by atoms with E-state index in [4.69, 9.17) is 9.47 Å². The van der Waals surface area contributed by atoms with Crippen LogP contribution in [0.2, 0.25) is 0 Å². The molecule has 1 unspecified atom stereocenters. The van der Waals surface area contributed by atoms with Gasteiger partial charge in [-0.15, -0.1) is 0 Å². The van der Waals surface area contributed by atoms with E-state index < -0.39 is 0 Å². The lowest BCUT2D eigenvalue weighted by atomic mass is 9.98. The molecule has 0 bridgehead atoms. The van der Waals surface area contributed by atoms with Gasteiger partial charge in [-0.05, 0) is 24.3 Å². The van der Waals surface area contributed by atoms with Gasteiger partial charge in [0.05, 0.1) is 26.0 Å². The van der Waals surface area contributed by atoms with Gasteiger partial charge >= 0.3 is 0 Å². The topological polar surface area (TPSA) is 63.1 Å². The number of phenols is 1. The first-order valence-electron chi connectivity index (χ1n) is 7.05. The van der Waals surface area contributed by atoms with E-state index in [-0.39, 0.29) is 11.8 Å². The first-order valence-corrected chi connectivity index (χ1v) is 7.05. The van der Waals surface area contributed by atoms with Crippen LogP contribution < -0.4 is 14.9 Å². The number of nitrogens with zero attached hydrogens (tertiary/aromatic N) is 1. The van der Waals surface area contributed by atoms with Crippen molar-refractivity contribution in [1.82, 2.24) is 5.43 Å². The molecule has 114 valence electrons. The fraction of sp³-hybridized carbons (Fsp3) is 0.235. The first kappa shape index (κ1) is 14.3. The molecule has 0 aromatic heterocycles. The second kappa shape index (κ2) is 5.97. The molecule has 5 nitrogen and oxygen atoms in total. The Balaban J connectivity index is 1.82. The van der Waals surface area contributed by atoms with Crippen LogP contribution in [0.4, 0.5) is 0 Å². The highest BCUT2D eigenvalue weighted by Crippen LogP contribution is 2.33. The van der Waals surface area contributed by atoms with E-state index in [9.17, 15) is 5.11 Å². The number of phenolic OH excluding ortho intramolecular Hbond substituents is 1. The summed E-state index contributed by atoms with van der Waals surface area (Å²) in [5, 5.41) is 14.3. The molecule has 0 saturated carbocycles. The van der Waals surface area contributed by atoms with Crippen molar-refractivity contribution in [2.75, 3.05) is 14.2 Å². The number of benzene rings is 2. The van der Waals surface area contributed by atoms with E-state index in [2.05, 4.69) is 10.5 Å². The predicted molar refractivity (Wildman–Crippen MR) is 84.7 cm³/mol. The molecule has 1 atom stereocenters. The van der Waals surface area contributed by atoms with Crippen molar-refractivity contribution in [3.8, 4) is 17.2 Å². The molecule has 22 heavy (non-hydrogen) atoms. The highest BCUT2D eigenvalue weighted by Gasteiger charge is 2.23. The third-order valence-corrected chi connectivity index (χ3v) is 3.78. The number of hydrogen-bond acceptors (Lipinski definition) is 5. The Labute approximate surface area is 129 Å². The Hall–Kier alpha value is -2.69. The first-order chi connectivity index (χ1) is 10.7. The Morgan fingerprint density at radius 2 is 1.86 bits per heavy atom. The van der Waals surface area contributed by atoms with Gasteiger partial charge in [0.25, 0.3) is 0 Å². The standard InChI is InChI=1S/C17H18N2O3/c1-21-16-8-7-11(9-17(16)22-2)13-10-14(19-18-13)12-5-3-4-6-15(12)20/h3-9,14,19-20H,10H2,1-2H3. The molecular formula is C17H18N2O3. The zero-order valence-electron chi connectivity index (χ0n) is 12.5. The number of methoxy groups -OCH3 is 2. The van der Waals surface area contributed by atoms with Crippen LogP contribution in [0.3, 0.4) is 0 Å². The zero-order valence-corrected chi connectivity index (χ0v) is 12.5. The number of para-hydroxylation sites is 1. The van der Waals surface area contributed by atoms with Crippen LogP contribution in [-0.4, -0.2) is 25.0 Å². The molecule has 3 rings (SSSR count). The third-order valence-electron chi connectivity index (χ3n) is 3.78. The second-order valence-corrected chi connectivity index (χ2v) is 5.07. The van der Waals surface area contributed by atoms with E-state index >= 15 is 0 Å². The molecule has 2 aromatic rings. The van der Waals surface area contributed by atoms with Crippen LogP contribution in [-0.2, 0) is 0 Å². The van der Waals surface area contributed by atoms with Crippen molar-refractivity contribution in [2.24, 2.45) is 5.10 Å². The quantitative estimate of drug-likeness (QED) is 0.911. The molecule has 0 radical (unpaired) electrons. The summed E-state index contributed by atoms with van der Waals surface area (Å²) in [5.41, 5.74) is 5.83. The van der Waals surface area contributed by atoms with Gasteiger partial charge in [-0.2, -0.15) is 5.10 Å². The van der Waals surface area contributed by atoms with Crippen molar-refractivity contribution in [3.63, 3.8) is 0 Å². The summed E-state index contributed by atoms with van der Waals surface area (Å²) in [5.74, 6) is 1.65. The van der Waals surface area contributed by atoms with Crippen molar-refractivity contribution >= 4 is 5.71 Å². The predicted octanol–water partition coefficient (Wildman–Crippen LogP) is 2.85.